The van der Waals surface area contributed by atoms with Crippen LogP contribution in [0.5, 0.6) is 0 Å². The van der Waals surface area contributed by atoms with Gasteiger partial charge in [0.2, 0.25) is 0 Å². The number of anilines is 1. The fourth-order valence-corrected chi connectivity index (χ4v) is 2.41. The fourth-order valence-electron chi connectivity index (χ4n) is 1.52. The van der Waals surface area contributed by atoms with Crippen LogP contribution in [0.2, 0.25) is 0 Å². The Morgan fingerprint density at radius 1 is 1.29 bits per heavy atom. The highest BCUT2D eigenvalue weighted by atomic mass is 32.2. The summed E-state index contributed by atoms with van der Waals surface area (Å²) in [6.07, 6.45) is 3.11. The van der Waals surface area contributed by atoms with Crippen molar-refractivity contribution in [2.45, 2.75) is 31.7 Å². The highest BCUT2D eigenvalue weighted by Gasteiger charge is 2.18. The standard InChI is InChI=1S/C11H16N6O3S/c1-8-9(2)14-15-11(13-8)16-21(19,20)10-6-12-17(7-10)4-3-5-18/h6-7,18H,3-5H2,1-2H3,(H,13,15,16). The van der Waals surface area contributed by atoms with E-state index in [9.17, 15) is 8.42 Å². The molecule has 0 fully saturated rings. The monoisotopic (exact) mass is 312 g/mol. The smallest absolute Gasteiger partial charge is 0.267 e. The Hall–Kier alpha value is -2.07. The summed E-state index contributed by atoms with van der Waals surface area (Å²) < 4.78 is 28.0. The molecule has 2 aromatic heterocycles. The van der Waals surface area contributed by atoms with Crippen LogP contribution in [0.15, 0.2) is 17.3 Å². The lowest BCUT2D eigenvalue weighted by molar-refractivity contribution is 0.277. The first-order valence-corrected chi connectivity index (χ1v) is 7.75. The number of aliphatic hydroxyl groups is 1. The molecule has 0 bridgehead atoms. The van der Waals surface area contributed by atoms with Crippen LogP contribution in [0.1, 0.15) is 17.8 Å². The zero-order chi connectivity index (χ0) is 15.5. The van der Waals surface area contributed by atoms with Crippen LogP contribution in [0, 0.1) is 13.8 Å². The van der Waals surface area contributed by atoms with E-state index >= 15 is 0 Å². The van der Waals surface area contributed by atoms with Gasteiger partial charge in [0.05, 0.1) is 17.6 Å². The van der Waals surface area contributed by atoms with Crippen molar-refractivity contribution in [2.24, 2.45) is 0 Å². The molecule has 10 heteroatoms. The SMILES string of the molecule is Cc1nnc(NS(=O)(=O)c2cnn(CCCO)c2)nc1C. The van der Waals surface area contributed by atoms with Crippen LogP contribution in [0.25, 0.3) is 0 Å². The first kappa shape index (κ1) is 15.3. The van der Waals surface area contributed by atoms with Crippen molar-refractivity contribution >= 4 is 16.0 Å². The Morgan fingerprint density at radius 2 is 2.05 bits per heavy atom. The summed E-state index contributed by atoms with van der Waals surface area (Å²) in [6, 6.07) is 0. The fraction of sp³-hybridized carbons (Fsp3) is 0.455. The van der Waals surface area contributed by atoms with E-state index in [2.05, 4.69) is 25.0 Å². The van der Waals surface area contributed by atoms with E-state index in [4.69, 9.17) is 5.11 Å². The van der Waals surface area contributed by atoms with Gasteiger partial charge in [-0.15, -0.1) is 5.10 Å². The van der Waals surface area contributed by atoms with Crippen LogP contribution in [-0.4, -0.2) is 45.1 Å². The number of nitrogens with one attached hydrogen (secondary N) is 1. The molecule has 0 aliphatic rings. The average molecular weight is 312 g/mol. The minimum atomic E-state index is -3.81. The lowest BCUT2D eigenvalue weighted by Gasteiger charge is -2.05. The molecule has 9 nitrogen and oxygen atoms in total. The first-order valence-electron chi connectivity index (χ1n) is 6.26. The Labute approximate surface area is 122 Å². The molecular weight excluding hydrogens is 296 g/mol. The molecule has 114 valence electrons. The molecule has 0 saturated carbocycles. The lowest BCUT2D eigenvalue weighted by atomic mass is 10.4. The molecule has 0 saturated heterocycles. The van der Waals surface area contributed by atoms with Gasteiger partial charge >= 0.3 is 0 Å². The average Bonchev–Trinajstić information content (AvgIpc) is 2.90. The molecule has 21 heavy (non-hydrogen) atoms. The largest absolute Gasteiger partial charge is 0.396 e. The van der Waals surface area contributed by atoms with Crippen LogP contribution in [0.4, 0.5) is 5.95 Å². The molecule has 0 spiro atoms. The van der Waals surface area contributed by atoms with Gasteiger partial charge in [-0.05, 0) is 20.3 Å². The summed E-state index contributed by atoms with van der Waals surface area (Å²) in [5, 5.41) is 20.2. The summed E-state index contributed by atoms with van der Waals surface area (Å²) >= 11 is 0. The molecule has 2 N–H and O–H groups in total. The molecule has 0 atom stereocenters. The van der Waals surface area contributed by atoms with Gasteiger partial charge in [-0.1, -0.05) is 0 Å². The summed E-state index contributed by atoms with van der Waals surface area (Å²) in [4.78, 5) is 4.02. The molecular formula is C11H16N6O3S. The predicted molar refractivity (Wildman–Crippen MR) is 74.0 cm³/mol. The maximum atomic E-state index is 12.2. The molecule has 0 amide bonds. The van der Waals surface area contributed by atoms with Crippen molar-refractivity contribution in [3.63, 3.8) is 0 Å². The third-order valence-electron chi connectivity index (χ3n) is 2.78. The highest BCUT2D eigenvalue weighted by Crippen LogP contribution is 2.12. The van der Waals surface area contributed by atoms with Gasteiger partial charge in [-0.3, -0.25) is 4.68 Å². The third kappa shape index (κ3) is 3.73. The molecule has 2 rings (SSSR count). The summed E-state index contributed by atoms with van der Waals surface area (Å²) in [5.41, 5.74) is 1.23. The number of hydrogen-bond donors (Lipinski definition) is 2. The Morgan fingerprint density at radius 3 is 2.71 bits per heavy atom. The Kier molecular flexibility index (Phi) is 4.48. The van der Waals surface area contributed by atoms with Crippen LogP contribution in [0.3, 0.4) is 0 Å². The second-order valence-electron chi connectivity index (χ2n) is 4.43. The van der Waals surface area contributed by atoms with Crippen molar-refractivity contribution in [1.82, 2.24) is 25.0 Å². The number of aliphatic hydroxyl groups excluding tert-OH is 1. The summed E-state index contributed by atoms with van der Waals surface area (Å²) in [7, 11) is -3.81. The lowest BCUT2D eigenvalue weighted by Crippen LogP contribution is -2.16. The van der Waals surface area contributed by atoms with E-state index in [-0.39, 0.29) is 17.5 Å². The van der Waals surface area contributed by atoms with Crippen molar-refractivity contribution in [3.8, 4) is 0 Å². The van der Waals surface area contributed by atoms with Gasteiger partial charge in [0.1, 0.15) is 4.90 Å². The number of aromatic nitrogens is 5. The van der Waals surface area contributed by atoms with Crippen molar-refractivity contribution in [2.75, 3.05) is 11.3 Å². The Bertz CT molecular complexity index is 727. The predicted octanol–water partition coefficient (Wildman–Crippen LogP) is -0.132. The molecule has 0 aliphatic heterocycles. The molecule has 0 aliphatic carbocycles. The number of hydrogen-bond acceptors (Lipinski definition) is 7. The topological polar surface area (TPSA) is 123 Å². The summed E-state index contributed by atoms with van der Waals surface area (Å²) in [6.45, 7) is 3.91. The third-order valence-corrected chi connectivity index (χ3v) is 4.07. The van der Waals surface area contributed by atoms with Crippen molar-refractivity contribution in [1.29, 1.82) is 0 Å². The van der Waals surface area contributed by atoms with Gasteiger partial charge in [-0.25, -0.2) is 18.1 Å². The first-order chi connectivity index (χ1) is 9.92. The minimum absolute atomic E-state index is 0.00210. The van der Waals surface area contributed by atoms with E-state index in [0.29, 0.717) is 24.4 Å². The molecule has 0 radical (unpaired) electrons. The number of sulfonamides is 1. The van der Waals surface area contributed by atoms with E-state index in [1.54, 1.807) is 13.8 Å². The second kappa shape index (κ2) is 6.14. The van der Waals surface area contributed by atoms with Gasteiger partial charge in [0.15, 0.2) is 0 Å². The maximum Gasteiger partial charge on any atom is 0.267 e. The van der Waals surface area contributed by atoms with Gasteiger partial charge in [0.25, 0.3) is 16.0 Å². The number of nitrogens with zero attached hydrogens (tertiary/aromatic N) is 5. The molecule has 2 aromatic rings. The van der Waals surface area contributed by atoms with Crippen molar-refractivity contribution < 1.29 is 13.5 Å². The van der Waals surface area contributed by atoms with Crippen LogP contribution >= 0.6 is 0 Å². The highest BCUT2D eigenvalue weighted by molar-refractivity contribution is 7.92. The van der Waals surface area contributed by atoms with E-state index in [1.165, 1.54) is 17.1 Å². The molecule has 0 aromatic carbocycles. The van der Waals surface area contributed by atoms with E-state index in [1.807, 2.05) is 0 Å². The number of aryl methyl sites for hydroxylation is 3. The van der Waals surface area contributed by atoms with Gasteiger partial charge < -0.3 is 5.11 Å². The Balaban J connectivity index is 2.17. The van der Waals surface area contributed by atoms with Gasteiger partial charge in [0, 0.05) is 19.3 Å². The molecule has 2 heterocycles. The summed E-state index contributed by atoms with van der Waals surface area (Å²) in [5.74, 6) is -0.0822. The minimum Gasteiger partial charge on any atom is -0.396 e. The van der Waals surface area contributed by atoms with Crippen molar-refractivity contribution in [3.05, 3.63) is 23.8 Å². The molecule has 0 unspecified atom stereocenters. The van der Waals surface area contributed by atoms with E-state index < -0.39 is 10.0 Å². The maximum absolute atomic E-state index is 12.2. The van der Waals surface area contributed by atoms with Crippen LogP contribution in [-0.2, 0) is 16.6 Å². The zero-order valence-electron chi connectivity index (χ0n) is 11.7. The van der Waals surface area contributed by atoms with Crippen LogP contribution < -0.4 is 4.72 Å². The quantitative estimate of drug-likeness (QED) is 0.761. The van der Waals surface area contributed by atoms with E-state index in [0.717, 1.165) is 0 Å². The number of rotatable bonds is 6. The van der Waals surface area contributed by atoms with Gasteiger partial charge in [-0.2, -0.15) is 10.2 Å². The zero-order valence-corrected chi connectivity index (χ0v) is 12.5. The second-order valence-corrected chi connectivity index (χ2v) is 6.11. The normalized spacial score (nSPS) is 11.6.